The van der Waals surface area contributed by atoms with E-state index in [2.05, 4.69) is 44.2 Å². The van der Waals surface area contributed by atoms with Crippen LogP contribution in [0, 0.1) is 16.4 Å². The SMILES string of the molecule is C=NC[C@@H]1CN(c2nc3cc([C@@H]4CCCCN4C(=O)c4cc(I)ccn4)nn3cc2C)C[C@@H]1O. The number of likely N-dealkylation sites (tertiary alicyclic amines) is 1. The van der Waals surface area contributed by atoms with E-state index in [4.69, 9.17) is 10.1 Å². The Morgan fingerprint density at radius 3 is 2.97 bits per heavy atom. The van der Waals surface area contributed by atoms with E-state index in [1.807, 2.05) is 36.2 Å². The lowest BCUT2D eigenvalue weighted by atomic mass is 9.99. The van der Waals surface area contributed by atoms with E-state index >= 15 is 0 Å². The van der Waals surface area contributed by atoms with Crippen molar-refractivity contribution in [3.05, 3.63) is 51.1 Å². The lowest BCUT2D eigenvalue weighted by molar-refractivity contribution is 0.0599. The number of piperidine rings is 1. The molecule has 1 amide bonds. The number of carbonyl (C=O) groups is 1. The molecule has 9 nitrogen and oxygen atoms in total. The minimum absolute atomic E-state index is 0.0574. The number of aromatic nitrogens is 4. The van der Waals surface area contributed by atoms with Crippen LogP contribution in [0.2, 0.25) is 0 Å². The predicted molar refractivity (Wildman–Crippen MR) is 138 cm³/mol. The van der Waals surface area contributed by atoms with Gasteiger partial charge >= 0.3 is 0 Å². The van der Waals surface area contributed by atoms with Gasteiger partial charge in [0.25, 0.3) is 5.91 Å². The zero-order valence-electron chi connectivity index (χ0n) is 19.1. The fourth-order valence-electron chi connectivity index (χ4n) is 5.03. The van der Waals surface area contributed by atoms with Crippen LogP contribution in [0.5, 0.6) is 0 Å². The number of anilines is 1. The molecule has 3 aromatic heterocycles. The Balaban J connectivity index is 1.44. The molecule has 0 spiro atoms. The first-order chi connectivity index (χ1) is 16.4. The van der Waals surface area contributed by atoms with Gasteiger partial charge in [-0.15, -0.1) is 0 Å². The first-order valence-electron chi connectivity index (χ1n) is 11.6. The van der Waals surface area contributed by atoms with Gasteiger partial charge in [-0.2, -0.15) is 5.10 Å². The largest absolute Gasteiger partial charge is 0.391 e. The van der Waals surface area contributed by atoms with Crippen molar-refractivity contribution in [3.63, 3.8) is 0 Å². The van der Waals surface area contributed by atoms with Crippen molar-refractivity contribution in [1.82, 2.24) is 24.5 Å². The molecule has 5 rings (SSSR count). The van der Waals surface area contributed by atoms with Crippen LogP contribution in [0.4, 0.5) is 5.82 Å². The summed E-state index contributed by atoms with van der Waals surface area (Å²) >= 11 is 2.20. The average molecular weight is 573 g/mol. The van der Waals surface area contributed by atoms with Gasteiger partial charge in [0.2, 0.25) is 0 Å². The van der Waals surface area contributed by atoms with Crippen molar-refractivity contribution in [2.75, 3.05) is 31.1 Å². The fraction of sp³-hybridized carbons (Fsp3) is 0.458. The highest BCUT2D eigenvalue weighted by Gasteiger charge is 2.34. The quantitative estimate of drug-likeness (QED) is 0.373. The Hall–Kier alpha value is -2.60. The van der Waals surface area contributed by atoms with Crippen molar-refractivity contribution in [1.29, 1.82) is 0 Å². The van der Waals surface area contributed by atoms with Crippen LogP contribution in [0.3, 0.4) is 0 Å². The van der Waals surface area contributed by atoms with Gasteiger partial charge in [-0.1, -0.05) is 0 Å². The monoisotopic (exact) mass is 573 g/mol. The van der Waals surface area contributed by atoms with Gasteiger partial charge in [0.15, 0.2) is 5.65 Å². The number of amides is 1. The van der Waals surface area contributed by atoms with Crippen molar-refractivity contribution < 1.29 is 9.90 Å². The molecule has 0 aliphatic carbocycles. The molecule has 2 fully saturated rings. The first-order valence-corrected chi connectivity index (χ1v) is 12.7. The third kappa shape index (κ3) is 4.40. The summed E-state index contributed by atoms with van der Waals surface area (Å²) < 4.78 is 2.78. The highest BCUT2D eigenvalue weighted by atomic mass is 127. The predicted octanol–water partition coefficient (Wildman–Crippen LogP) is 2.90. The number of aryl methyl sites for hydroxylation is 1. The molecule has 2 aliphatic rings. The minimum Gasteiger partial charge on any atom is -0.391 e. The Bertz CT molecular complexity index is 1230. The van der Waals surface area contributed by atoms with Crippen LogP contribution in [0.25, 0.3) is 5.65 Å². The van der Waals surface area contributed by atoms with Gasteiger partial charge < -0.3 is 19.9 Å². The van der Waals surface area contributed by atoms with E-state index in [1.54, 1.807) is 10.7 Å². The number of aliphatic hydroxyl groups excluding tert-OH is 1. The molecule has 0 saturated carbocycles. The smallest absolute Gasteiger partial charge is 0.273 e. The molecule has 1 N–H and O–H groups in total. The Kier molecular flexibility index (Phi) is 6.52. The summed E-state index contributed by atoms with van der Waals surface area (Å²) in [5.74, 6) is 0.856. The summed E-state index contributed by atoms with van der Waals surface area (Å²) in [5, 5.41) is 15.2. The summed E-state index contributed by atoms with van der Waals surface area (Å²) in [6.45, 7) is 8.02. The Morgan fingerprint density at radius 2 is 2.18 bits per heavy atom. The molecule has 0 bridgehead atoms. The van der Waals surface area contributed by atoms with E-state index < -0.39 is 6.10 Å². The van der Waals surface area contributed by atoms with Crippen molar-refractivity contribution in [2.45, 2.75) is 38.3 Å². The van der Waals surface area contributed by atoms with Crippen LogP contribution in [-0.2, 0) is 0 Å². The van der Waals surface area contributed by atoms with Gasteiger partial charge in [-0.25, -0.2) is 9.50 Å². The summed E-state index contributed by atoms with van der Waals surface area (Å²) in [4.78, 5) is 30.5. The van der Waals surface area contributed by atoms with Crippen LogP contribution < -0.4 is 4.90 Å². The van der Waals surface area contributed by atoms with Gasteiger partial charge in [0, 0.05) is 59.7 Å². The second-order valence-corrected chi connectivity index (χ2v) is 10.4. The third-order valence-corrected chi connectivity index (χ3v) is 7.41. The number of halogens is 1. The van der Waals surface area contributed by atoms with Gasteiger partial charge in [0.1, 0.15) is 11.5 Å². The number of pyridine rings is 1. The molecule has 10 heteroatoms. The van der Waals surface area contributed by atoms with Gasteiger partial charge in [-0.05, 0) is 67.6 Å². The summed E-state index contributed by atoms with van der Waals surface area (Å²) in [5.41, 5.74) is 3.04. The summed E-state index contributed by atoms with van der Waals surface area (Å²) in [7, 11) is 0. The zero-order valence-corrected chi connectivity index (χ0v) is 21.3. The highest BCUT2D eigenvalue weighted by Crippen LogP contribution is 2.33. The molecule has 2 saturated heterocycles. The highest BCUT2D eigenvalue weighted by molar-refractivity contribution is 14.1. The number of aliphatic hydroxyl groups is 1. The second kappa shape index (κ2) is 9.57. The fourth-order valence-corrected chi connectivity index (χ4v) is 5.48. The van der Waals surface area contributed by atoms with Crippen molar-refractivity contribution in [2.24, 2.45) is 10.9 Å². The van der Waals surface area contributed by atoms with E-state index in [1.165, 1.54) is 0 Å². The molecule has 34 heavy (non-hydrogen) atoms. The standard InChI is InChI=1S/C24H28IN7O2/c1-15-12-32-22(28-23(15)30-13-16(11-26-2)21(33)14-30)10-18(29-32)20-5-3-4-8-31(20)24(34)19-9-17(25)6-7-27-19/h6-7,9-10,12,16,20-21,33H,2-5,8,11,13-14H2,1H3/t16-,20+,21+/m1/s1. The number of rotatable bonds is 5. The van der Waals surface area contributed by atoms with Crippen LogP contribution in [0.1, 0.15) is 47.1 Å². The maximum atomic E-state index is 13.3. The zero-order chi connectivity index (χ0) is 23.8. The topological polar surface area (TPSA) is 99.2 Å². The number of β-amino-alcohol motifs (C(OH)–C–C–N with tert-alkyl or cyclic N) is 1. The van der Waals surface area contributed by atoms with E-state index in [0.29, 0.717) is 31.9 Å². The normalized spacial score (nSPS) is 23.0. The number of hydrogen-bond donors (Lipinski definition) is 1. The van der Waals surface area contributed by atoms with Crippen molar-refractivity contribution in [3.8, 4) is 0 Å². The molecule has 3 atom stereocenters. The minimum atomic E-state index is -0.445. The van der Waals surface area contributed by atoms with E-state index in [-0.39, 0.29) is 17.9 Å². The lowest BCUT2D eigenvalue weighted by Gasteiger charge is -2.34. The average Bonchev–Trinajstić information content (AvgIpc) is 3.41. The number of hydrogen-bond acceptors (Lipinski definition) is 7. The maximum Gasteiger partial charge on any atom is 0.273 e. The van der Waals surface area contributed by atoms with Crippen molar-refractivity contribution >= 4 is 46.7 Å². The molecule has 2 aliphatic heterocycles. The molecule has 5 heterocycles. The van der Waals surface area contributed by atoms with Crippen LogP contribution >= 0.6 is 22.6 Å². The maximum absolute atomic E-state index is 13.3. The molecular formula is C24H28IN7O2. The molecule has 0 radical (unpaired) electrons. The van der Waals surface area contributed by atoms with Gasteiger partial charge in [-0.3, -0.25) is 9.78 Å². The third-order valence-electron chi connectivity index (χ3n) is 6.74. The molecule has 178 valence electrons. The lowest BCUT2D eigenvalue weighted by Crippen LogP contribution is -2.39. The van der Waals surface area contributed by atoms with Crippen LogP contribution in [-0.4, -0.2) is 74.5 Å². The molecule has 3 aromatic rings. The molecule has 0 aromatic carbocycles. The summed E-state index contributed by atoms with van der Waals surface area (Å²) in [6.07, 6.45) is 6.09. The second-order valence-electron chi connectivity index (χ2n) is 9.13. The Labute approximate surface area is 212 Å². The number of fused-ring (bicyclic) bond motifs is 1. The summed E-state index contributed by atoms with van der Waals surface area (Å²) in [6, 6.07) is 5.59. The number of carbonyl (C=O) groups excluding carboxylic acids is 1. The van der Waals surface area contributed by atoms with Crippen LogP contribution in [0.15, 0.2) is 35.6 Å². The number of aliphatic imine (C=N–C) groups is 1. The van der Waals surface area contributed by atoms with E-state index in [9.17, 15) is 9.90 Å². The first kappa shape index (κ1) is 23.2. The number of nitrogens with zero attached hydrogens (tertiary/aromatic N) is 7. The molecular weight excluding hydrogens is 545 g/mol. The molecule has 0 unspecified atom stereocenters. The van der Waals surface area contributed by atoms with Gasteiger partial charge in [0.05, 0.1) is 17.8 Å². The van der Waals surface area contributed by atoms with E-state index in [0.717, 1.165) is 45.6 Å². The Morgan fingerprint density at radius 1 is 1.32 bits per heavy atom.